The maximum atomic E-state index is 13.2. The summed E-state index contributed by atoms with van der Waals surface area (Å²) in [6, 6.07) is 10.2. The molecule has 182 valence electrons. The van der Waals surface area contributed by atoms with Crippen LogP contribution in [0.5, 0.6) is 0 Å². The average Bonchev–Trinajstić information content (AvgIpc) is 3.20. The molecule has 0 spiro atoms. The van der Waals surface area contributed by atoms with Gasteiger partial charge in [-0.2, -0.15) is 4.98 Å². The first-order chi connectivity index (χ1) is 16.8. The number of hydrogen-bond acceptors (Lipinski definition) is 7. The Morgan fingerprint density at radius 2 is 1.80 bits per heavy atom. The first-order valence-corrected chi connectivity index (χ1v) is 12.2. The standard InChI is InChI=1S/C26H31N7O2/c1-16(2)33-15-21-23(25(33)35)29-26(32-11-9-31(10-12-32)18(4)34)30-24(21)28-17(3)20-13-19-7-5-6-8-22(19)27-14-20/h5-8,13-14,16-17H,9-12,15H2,1-4H3,(H,28,29,30). The van der Waals surface area contributed by atoms with Gasteiger partial charge in [0.1, 0.15) is 11.5 Å². The molecule has 1 aromatic carbocycles. The molecule has 5 rings (SSSR count). The number of pyridine rings is 1. The molecule has 0 radical (unpaired) electrons. The van der Waals surface area contributed by atoms with Crippen LogP contribution in [0.1, 0.15) is 55.4 Å². The van der Waals surface area contributed by atoms with Crippen LogP contribution in [-0.4, -0.2) is 68.8 Å². The van der Waals surface area contributed by atoms with E-state index in [2.05, 4.69) is 34.3 Å². The summed E-state index contributed by atoms with van der Waals surface area (Å²) in [4.78, 5) is 44.8. The second-order valence-corrected chi connectivity index (χ2v) is 9.55. The molecule has 1 N–H and O–H groups in total. The van der Waals surface area contributed by atoms with Crippen molar-refractivity contribution in [3.63, 3.8) is 0 Å². The Bertz CT molecular complexity index is 1280. The zero-order valence-electron chi connectivity index (χ0n) is 20.7. The zero-order valence-corrected chi connectivity index (χ0v) is 20.7. The van der Waals surface area contributed by atoms with Crippen molar-refractivity contribution in [2.24, 2.45) is 0 Å². The summed E-state index contributed by atoms with van der Waals surface area (Å²) >= 11 is 0. The molecular weight excluding hydrogens is 442 g/mol. The summed E-state index contributed by atoms with van der Waals surface area (Å²) in [6.07, 6.45) is 1.88. The molecule has 2 aliphatic rings. The fourth-order valence-corrected chi connectivity index (χ4v) is 4.69. The number of para-hydroxylation sites is 1. The lowest BCUT2D eigenvalue weighted by Crippen LogP contribution is -2.48. The number of rotatable bonds is 5. The molecule has 0 bridgehead atoms. The van der Waals surface area contributed by atoms with Crippen LogP contribution in [0.3, 0.4) is 0 Å². The highest BCUT2D eigenvalue weighted by Gasteiger charge is 2.35. The van der Waals surface area contributed by atoms with Crippen LogP contribution in [0.4, 0.5) is 11.8 Å². The van der Waals surface area contributed by atoms with Gasteiger partial charge in [-0.05, 0) is 38.5 Å². The number of carbonyl (C=O) groups excluding carboxylic acids is 2. The van der Waals surface area contributed by atoms with Crippen molar-refractivity contribution in [1.29, 1.82) is 0 Å². The summed E-state index contributed by atoms with van der Waals surface area (Å²) < 4.78 is 0. The predicted molar refractivity (Wildman–Crippen MR) is 135 cm³/mol. The number of fused-ring (bicyclic) bond motifs is 2. The summed E-state index contributed by atoms with van der Waals surface area (Å²) in [6.45, 7) is 10.6. The number of carbonyl (C=O) groups is 2. The average molecular weight is 474 g/mol. The highest BCUT2D eigenvalue weighted by atomic mass is 16.2. The molecule has 3 aromatic rings. The van der Waals surface area contributed by atoms with Gasteiger partial charge in [0.05, 0.1) is 18.1 Å². The van der Waals surface area contributed by atoms with E-state index in [0.29, 0.717) is 50.2 Å². The molecule has 2 aromatic heterocycles. The Labute approximate surface area is 205 Å². The largest absolute Gasteiger partial charge is 0.363 e. The molecule has 35 heavy (non-hydrogen) atoms. The van der Waals surface area contributed by atoms with Gasteiger partial charge in [-0.25, -0.2) is 4.98 Å². The second kappa shape index (κ2) is 9.13. The lowest BCUT2D eigenvalue weighted by Gasteiger charge is -2.34. The van der Waals surface area contributed by atoms with E-state index in [1.54, 1.807) is 6.92 Å². The number of benzene rings is 1. The first-order valence-electron chi connectivity index (χ1n) is 12.2. The lowest BCUT2D eigenvalue weighted by molar-refractivity contribution is -0.129. The van der Waals surface area contributed by atoms with Crippen LogP contribution >= 0.6 is 0 Å². The highest BCUT2D eigenvalue weighted by molar-refractivity contribution is 5.98. The molecule has 2 amide bonds. The number of nitrogens with zero attached hydrogens (tertiary/aromatic N) is 6. The minimum atomic E-state index is -0.0725. The van der Waals surface area contributed by atoms with Crippen LogP contribution in [0.25, 0.3) is 10.9 Å². The summed E-state index contributed by atoms with van der Waals surface area (Å²) in [7, 11) is 0. The van der Waals surface area contributed by atoms with Crippen molar-refractivity contribution in [3.05, 3.63) is 53.3 Å². The maximum Gasteiger partial charge on any atom is 0.273 e. The molecule has 9 heteroatoms. The fraction of sp³-hybridized carbons (Fsp3) is 0.423. The number of amides is 2. The minimum absolute atomic E-state index is 0.0641. The Balaban J connectivity index is 1.47. The minimum Gasteiger partial charge on any atom is -0.363 e. The van der Waals surface area contributed by atoms with E-state index in [1.807, 2.05) is 48.0 Å². The van der Waals surface area contributed by atoms with E-state index in [9.17, 15) is 9.59 Å². The smallest absolute Gasteiger partial charge is 0.273 e. The molecule has 0 aliphatic carbocycles. The van der Waals surface area contributed by atoms with Gasteiger partial charge in [-0.15, -0.1) is 0 Å². The summed E-state index contributed by atoms with van der Waals surface area (Å²) in [5.41, 5.74) is 3.29. The maximum absolute atomic E-state index is 13.2. The molecule has 1 saturated heterocycles. The topological polar surface area (TPSA) is 94.6 Å². The predicted octanol–water partition coefficient (Wildman–Crippen LogP) is 3.23. The van der Waals surface area contributed by atoms with Gasteiger partial charge in [0, 0.05) is 56.3 Å². The van der Waals surface area contributed by atoms with Crippen LogP contribution in [0.15, 0.2) is 36.5 Å². The van der Waals surface area contributed by atoms with Gasteiger partial charge in [0.15, 0.2) is 0 Å². The third-order valence-electron chi connectivity index (χ3n) is 6.88. The number of nitrogens with one attached hydrogen (secondary N) is 1. The number of hydrogen-bond donors (Lipinski definition) is 1. The third kappa shape index (κ3) is 4.38. The van der Waals surface area contributed by atoms with Gasteiger partial charge >= 0.3 is 0 Å². The number of aromatic nitrogens is 3. The normalized spacial score (nSPS) is 16.7. The molecule has 1 atom stereocenters. The fourth-order valence-electron chi connectivity index (χ4n) is 4.69. The Morgan fingerprint density at radius 1 is 1.06 bits per heavy atom. The van der Waals surface area contributed by atoms with Crippen LogP contribution in [-0.2, 0) is 11.3 Å². The van der Waals surface area contributed by atoms with E-state index < -0.39 is 0 Å². The molecule has 9 nitrogen and oxygen atoms in total. The van der Waals surface area contributed by atoms with Crippen molar-refractivity contribution < 1.29 is 9.59 Å². The summed E-state index contributed by atoms with van der Waals surface area (Å²) in [5.74, 6) is 1.21. The Hall–Kier alpha value is -3.75. The quantitative estimate of drug-likeness (QED) is 0.608. The third-order valence-corrected chi connectivity index (χ3v) is 6.88. The molecule has 1 fully saturated rings. The summed E-state index contributed by atoms with van der Waals surface area (Å²) in [5, 5.41) is 4.63. The van der Waals surface area contributed by atoms with E-state index in [1.165, 1.54) is 0 Å². The Kier molecular flexibility index (Phi) is 6.00. The van der Waals surface area contributed by atoms with Gasteiger partial charge < -0.3 is 20.0 Å². The highest BCUT2D eigenvalue weighted by Crippen LogP contribution is 2.32. The van der Waals surface area contributed by atoms with E-state index in [0.717, 1.165) is 22.0 Å². The number of anilines is 2. The molecule has 1 unspecified atom stereocenters. The van der Waals surface area contributed by atoms with Gasteiger partial charge in [0.2, 0.25) is 11.9 Å². The van der Waals surface area contributed by atoms with Gasteiger partial charge in [0.25, 0.3) is 5.91 Å². The molecule has 0 saturated carbocycles. The van der Waals surface area contributed by atoms with E-state index in [-0.39, 0.29) is 23.9 Å². The monoisotopic (exact) mass is 473 g/mol. The Morgan fingerprint density at radius 3 is 2.51 bits per heavy atom. The molecular formula is C26H31N7O2. The lowest BCUT2D eigenvalue weighted by atomic mass is 10.1. The van der Waals surface area contributed by atoms with Crippen LogP contribution in [0, 0.1) is 0 Å². The van der Waals surface area contributed by atoms with Crippen LogP contribution < -0.4 is 10.2 Å². The molecule has 4 heterocycles. The molecule has 2 aliphatic heterocycles. The first kappa shape index (κ1) is 23.0. The van der Waals surface area contributed by atoms with Crippen molar-refractivity contribution >= 4 is 34.5 Å². The van der Waals surface area contributed by atoms with Crippen molar-refractivity contribution in [2.45, 2.75) is 46.3 Å². The van der Waals surface area contributed by atoms with Crippen molar-refractivity contribution in [2.75, 3.05) is 36.4 Å². The van der Waals surface area contributed by atoms with Gasteiger partial charge in [-0.3, -0.25) is 14.6 Å². The van der Waals surface area contributed by atoms with Crippen LogP contribution in [0.2, 0.25) is 0 Å². The SMILES string of the molecule is CC(=O)N1CCN(c2nc(NC(C)c3cnc4ccccc4c3)c3c(n2)C(=O)N(C(C)C)C3)CC1. The van der Waals surface area contributed by atoms with E-state index >= 15 is 0 Å². The second-order valence-electron chi connectivity index (χ2n) is 9.55. The van der Waals surface area contributed by atoms with Crippen molar-refractivity contribution in [1.82, 2.24) is 24.8 Å². The zero-order chi connectivity index (χ0) is 24.7. The van der Waals surface area contributed by atoms with Crippen molar-refractivity contribution in [3.8, 4) is 0 Å². The van der Waals surface area contributed by atoms with Gasteiger partial charge in [-0.1, -0.05) is 18.2 Å². The number of piperazine rings is 1. The van der Waals surface area contributed by atoms with E-state index in [4.69, 9.17) is 9.97 Å².